The first kappa shape index (κ1) is 17.4. The monoisotopic (exact) mass is 313 g/mol. The number of nitrogens with zero attached hydrogens (tertiary/aromatic N) is 2. The molecule has 21 heavy (non-hydrogen) atoms. The smallest absolute Gasteiger partial charge is 0.282 e. The molecule has 1 saturated heterocycles. The van der Waals surface area contributed by atoms with Crippen LogP contribution in [0.4, 0.5) is 5.69 Å². The van der Waals surface area contributed by atoms with Gasteiger partial charge in [0.1, 0.15) is 5.56 Å². The molecule has 0 aromatic heterocycles. The number of benzene rings is 1. The van der Waals surface area contributed by atoms with Crippen LogP contribution in [-0.4, -0.2) is 42.4 Å². The summed E-state index contributed by atoms with van der Waals surface area (Å²) in [4.78, 5) is 24.6. The number of nitro groups is 1. The Morgan fingerprint density at radius 2 is 2.00 bits per heavy atom. The van der Waals surface area contributed by atoms with Crippen LogP contribution in [0.2, 0.25) is 0 Å². The van der Waals surface area contributed by atoms with E-state index in [4.69, 9.17) is 0 Å². The van der Waals surface area contributed by atoms with E-state index in [1.807, 2.05) is 7.05 Å². The zero-order valence-electron chi connectivity index (χ0n) is 11.9. The molecule has 116 valence electrons. The number of likely N-dealkylation sites (tertiary alicyclic amines) is 1. The molecule has 0 saturated carbocycles. The molecule has 1 N–H and O–H groups in total. The van der Waals surface area contributed by atoms with Gasteiger partial charge < -0.3 is 10.2 Å². The summed E-state index contributed by atoms with van der Waals surface area (Å²) < 4.78 is 0. The maximum Gasteiger partial charge on any atom is 0.282 e. The topological polar surface area (TPSA) is 75.5 Å². The van der Waals surface area contributed by atoms with E-state index in [2.05, 4.69) is 5.32 Å². The molecule has 0 radical (unpaired) electrons. The Hall–Kier alpha value is -1.66. The molecule has 1 fully saturated rings. The fourth-order valence-electron chi connectivity index (χ4n) is 2.61. The molecule has 2 rings (SSSR count). The van der Waals surface area contributed by atoms with Crippen LogP contribution in [0.25, 0.3) is 0 Å². The molecule has 7 heteroatoms. The highest BCUT2D eigenvalue weighted by Crippen LogP contribution is 2.23. The molecule has 1 aromatic carbocycles. The number of amides is 1. The third-order valence-corrected chi connectivity index (χ3v) is 3.73. The molecule has 6 nitrogen and oxygen atoms in total. The third-order valence-electron chi connectivity index (χ3n) is 3.73. The van der Waals surface area contributed by atoms with Gasteiger partial charge in [-0.15, -0.1) is 12.4 Å². The summed E-state index contributed by atoms with van der Waals surface area (Å²) >= 11 is 0. The maximum atomic E-state index is 12.4. The van der Waals surface area contributed by atoms with E-state index in [0.29, 0.717) is 19.0 Å². The summed E-state index contributed by atoms with van der Waals surface area (Å²) in [6.07, 6.45) is 1.88. The van der Waals surface area contributed by atoms with Crippen molar-refractivity contribution in [1.82, 2.24) is 10.2 Å². The third kappa shape index (κ3) is 4.15. The molecule has 1 aliphatic rings. The van der Waals surface area contributed by atoms with Crippen LogP contribution in [0.5, 0.6) is 0 Å². The summed E-state index contributed by atoms with van der Waals surface area (Å²) in [5, 5.41) is 14.1. The second kappa shape index (κ2) is 7.95. The Bertz CT molecular complexity index is 502. The molecule has 1 aliphatic heterocycles. The number of hydrogen-bond donors (Lipinski definition) is 1. The van der Waals surface area contributed by atoms with Gasteiger partial charge in [-0.3, -0.25) is 14.9 Å². The lowest BCUT2D eigenvalue weighted by Crippen LogP contribution is -2.40. The standard InChI is InChI=1S/C14H19N3O3.ClH/c1-15-10-11-6-8-16(9-7-11)14(18)12-4-2-3-5-13(12)17(19)20;/h2-5,11,15H,6-10H2,1H3;1H. The van der Waals surface area contributed by atoms with Crippen molar-refractivity contribution >= 4 is 24.0 Å². The molecular weight excluding hydrogens is 294 g/mol. The maximum absolute atomic E-state index is 12.4. The van der Waals surface area contributed by atoms with Crippen LogP contribution in [0.3, 0.4) is 0 Å². The molecule has 0 spiro atoms. The van der Waals surface area contributed by atoms with E-state index < -0.39 is 4.92 Å². The van der Waals surface area contributed by atoms with Gasteiger partial charge in [-0.2, -0.15) is 0 Å². The number of piperidine rings is 1. The fourth-order valence-corrected chi connectivity index (χ4v) is 2.61. The first-order valence-corrected chi connectivity index (χ1v) is 6.80. The van der Waals surface area contributed by atoms with Crippen LogP contribution in [0.1, 0.15) is 23.2 Å². The lowest BCUT2D eigenvalue weighted by atomic mass is 9.96. The first-order chi connectivity index (χ1) is 9.63. The zero-order chi connectivity index (χ0) is 14.5. The summed E-state index contributed by atoms with van der Waals surface area (Å²) in [5.41, 5.74) is 0.0689. The van der Waals surface area contributed by atoms with Gasteiger partial charge in [0.15, 0.2) is 0 Å². The van der Waals surface area contributed by atoms with Crippen LogP contribution in [-0.2, 0) is 0 Å². The molecule has 0 aliphatic carbocycles. The minimum atomic E-state index is -0.499. The number of carbonyl (C=O) groups excluding carboxylic acids is 1. The number of carbonyl (C=O) groups is 1. The lowest BCUT2D eigenvalue weighted by Gasteiger charge is -2.31. The minimum absolute atomic E-state index is 0. The minimum Gasteiger partial charge on any atom is -0.338 e. The van der Waals surface area contributed by atoms with Gasteiger partial charge in [0.2, 0.25) is 0 Å². The predicted molar refractivity (Wildman–Crippen MR) is 82.9 cm³/mol. The van der Waals surface area contributed by atoms with E-state index in [1.54, 1.807) is 17.0 Å². The second-order valence-corrected chi connectivity index (χ2v) is 5.07. The van der Waals surface area contributed by atoms with E-state index in [9.17, 15) is 14.9 Å². The summed E-state index contributed by atoms with van der Waals surface area (Å²) in [6.45, 7) is 2.28. The number of nitrogens with one attached hydrogen (secondary N) is 1. The van der Waals surface area contributed by atoms with Gasteiger partial charge in [-0.25, -0.2) is 0 Å². The number of hydrogen-bond acceptors (Lipinski definition) is 4. The van der Waals surface area contributed by atoms with Crippen molar-refractivity contribution in [3.05, 3.63) is 39.9 Å². The number of rotatable bonds is 4. The van der Waals surface area contributed by atoms with Crippen molar-refractivity contribution < 1.29 is 9.72 Å². The molecule has 1 heterocycles. The Balaban J connectivity index is 0.00000220. The van der Waals surface area contributed by atoms with E-state index in [1.165, 1.54) is 12.1 Å². The summed E-state index contributed by atoms with van der Waals surface area (Å²) in [6, 6.07) is 6.14. The molecule has 1 amide bonds. The quantitative estimate of drug-likeness (QED) is 0.682. The lowest BCUT2D eigenvalue weighted by molar-refractivity contribution is -0.385. The number of para-hydroxylation sites is 1. The van der Waals surface area contributed by atoms with E-state index in [0.717, 1.165) is 19.4 Å². The molecule has 1 aromatic rings. The Morgan fingerprint density at radius 3 is 2.57 bits per heavy atom. The van der Waals surface area contributed by atoms with E-state index in [-0.39, 0.29) is 29.6 Å². The van der Waals surface area contributed by atoms with Crippen molar-refractivity contribution in [2.24, 2.45) is 5.92 Å². The highest BCUT2D eigenvalue weighted by molar-refractivity contribution is 5.98. The molecular formula is C14H20ClN3O3. The van der Waals surface area contributed by atoms with Gasteiger partial charge in [0, 0.05) is 19.2 Å². The average Bonchev–Trinajstić information content (AvgIpc) is 2.47. The molecule has 0 bridgehead atoms. The SMILES string of the molecule is CNCC1CCN(C(=O)c2ccccc2[N+](=O)[O-])CC1.Cl. The van der Waals surface area contributed by atoms with Crippen molar-refractivity contribution in [3.8, 4) is 0 Å². The average molecular weight is 314 g/mol. The van der Waals surface area contributed by atoms with Gasteiger partial charge in [0.25, 0.3) is 11.6 Å². The predicted octanol–water partition coefficient (Wildman–Crippen LogP) is 2.09. The van der Waals surface area contributed by atoms with Crippen LogP contribution < -0.4 is 5.32 Å². The van der Waals surface area contributed by atoms with Crippen molar-refractivity contribution in [3.63, 3.8) is 0 Å². The van der Waals surface area contributed by atoms with Crippen molar-refractivity contribution in [2.45, 2.75) is 12.8 Å². The van der Waals surface area contributed by atoms with Crippen LogP contribution >= 0.6 is 12.4 Å². The normalized spacial score (nSPS) is 15.4. The van der Waals surface area contributed by atoms with Crippen LogP contribution in [0.15, 0.2) is 24.3 Å². The van der Waals surface area contributed by atoms with Crippen LogP contribution in [0, 0.1) is 16.0 Å². The number of nitro benzene ring substituents is 1. The fraction of sp³-hybridized carbons (Fsp3) is 0.500. The number of halogens is 1. The molecule has 0 atom stereocenters. The largest absolute Gasteiger partial charge is 0.338 e. The van der Waals surface area contributed by atoms with E-state index >= 15 is 0 Å². The molecule has 0 unspecified atom stereocenters. The highest BCUT2D eigenvalue weighted by atomic mass is 35.5. The zero-order valence-corrected chi connectivity index (χ0v) is 12.8. The summed E-state index contributed by atoms with van der Waals surface area (Å²) in [7, 11) is 1.92. The van der Waals surface area contributed by atoms with Crippen molar-refractivity contribution in [1.29, 1.82) is 0 Å². The van der Waals surface area contributed by atoms with Gasteiger partial charge in [-0.1, -0.05) is 12.1 Å². The summed E-state index contributed by atoms with van der Waals surface area (Å²) in [5.74, 6) is 0.343. The van der Waals surface area contributed by atoms with Gasteiger partial charge in [0.05, 0.1) is 4.92 Å². The Morgan fingerprint density at radius 1 is 1.38 bits per heavy atom. The highest BCUT2D eigenvalue weighted by Gasteiger charge is 2.27. The first-order valence-electron chi connectivity index (χ1n) is 6.80. The second-order valence-electron chi connectivity index (χ2n) is 5.07. The van der Waals surface area contributed by atoms with Gasteiger partial charge in [-0.05, 0) is 38.4 Å². The Labute approximate surface area is 130 Å². The Kier molecular flexibility index (Phi) is 6.58. The van der Waals surface area contributed by atoms with Gasteiger partial charge >= 0.3 is 0 Å². The van der Waals surface area contributed by atoms with Crippen molar-refractivity contribution in [2.75, 3.05) is 26.7 Å².